The van der Waals surface area contributed by atoms with E-state index >= 15 is 0 Å². The van der Waals surface area contributed by atoms with Gasteiger partial charge in [0.15, 0.2) is 0 Å². The first-order valence-corrected chi connectivity index (χ1v) is 8.89. The summed E-state index contributed by atoms with van der Waals surface area (Å²) in [5.74, 6) is -0.792. The standard InChI is InChI=1S/C19H21F3N2O3/c20-19(21,22)17-14-6-1-2-7-16(14)24-11-15(17)18(25)23-8-4-9-26-12-13-5-3-10-27-13/h1-2,6-7,11,13H,3-5,8-10,12H2,(H,23,25). The number of alkyl halides is 3. The van der Waals surface area contributed by atoms with Crippen LogP contribution in [-0.4, -0.2) is 43.4 Å². The number of carbonyl (C=O) groups excluding carboxylic acids is 1. The van der Waals surface area contributed by atoms with Crippen molar-refractivity contribution in [3.63, 3.8) is 0 Å². The van der Waals surface area contributed by atoms with Crippen LogP contribution in [0.1, 0.15) is 35.2 Å². The number of benzene rings is 1. The lowest BCUT2D eigenvalue weighted by atomic mass is 10.0. The van der Waals surface area contributed by atoms with E-state index in [1.807, 2.05) is 0 Å². The quantitative estimate of drug-likeness (QED) is 0.744. The SMILES string of the molecule is O=C(NCCCOCC1CCCO1)c1cnc2ccccc2c1C(F)(F)F. The van der Waals surface area contributed by atoms with Crippen LogP contribution < -0.4 is 5.32 Å². The third-order valence-electron chi connectivity index (χ3n) is 4.38. The number of rotatable bonds is 7. The average Bonchev–Trinajstić information content (AvgIpc) is 3.16. The number of para-hydroxylation sites is 1. The number of amides is 1. The molecule has 1 aliphatic rings. The van der Waals surface area contributed by atoms with Crippen molar-refractivity contribution in [1.82, 2.24) is 10.3 Å². The molecule has 0 aliphatic carbocycles. The summed E-state index contributed by atoms with van der Waals surface area (Å²) in [7, 11) is 0. The molecule has 2 heterocycles. The van der Waals surface area contributed by atoms with Crippen LogP contribution in [0.2, 0.25) is 0 Å². The monoisotopic (exact) mass is 382 g/mol. The van der Waals surface area contributed by atoms with Gasteiger partial charge in [-0.3, -0.25) is 9.78 Å². The molecule has 5 nitrogen and oxygen atoms in total. The molecule has 1 N–H and O–H groups in total. The number of hydrogen-bond acceptors (Lipinski definition) is 4. The predicted octanol–water partition coefficient (Wildman–Crippen LogP) is 3.57. The van der Waals surface area contributed by atoms with Crippen molar-refractivity contribution >= 4 is 16.8 Å². The number of aromatic nitrogens is 1. The summed E-state index contributed by atoms with van der Waals surface area (Å²) >= 11 is 0. The Labute approximate surface area is 154 Å². The maximum Gasteiger partial charge on any atom is 0.417 e. The summed E-state index contributed by atoms with van der Waals surface area (Å²) in [6.45, 7) is 1.88. The molecule has 1 aromatic carbocycles. The maximum absolute atomic E-state index is 13.5. The first-order chi connectivity index (χ1) is 13.0. The molecule has 0 radical (unpaired) electrons. The second kappa shape index (κ2) is 8.67. The second-order valence-electron chi connectivity index (χ2n) is 6.38. The highest BCUT2D eigenvalue weighted by molar-refractivity contribution is 6.00. The molecule has 0 saturated carbocycles. The van der Waals surface area contributed by atoms with Crippen molar-refractivity contribution in [3.8, 4) is 0 Å². The van der Waals surface area contributed by atoms with Gasteiger partial charge >= 0.3 is 6.18 Å². The van der Waals surface area contributed by atoms with E-state index in [1.165, 1.54) is 18.2 Å². The van der Waals surface area contributed by atoms with Crippen LogP contribution in [0.5, 0.6) is 0 Å². The van der Waals surface area contributed by atoms with E-state index in [-0.39, 0.29) is 23.6 Å². The topological polar surface area (TPSA) is 60.5 Å². The molecule has 1 atom stereocenters. The van der Waals surface area contributed by atoms with Gasteiger partial charge in [0.25, 0.3) is 5.91 Å². The van der Waals surface area contributed by atoms with E-state index in [2.05, 4.69) is 10.3 Å². The molecule has 1 aliphatic heterocycles. The molecule has 27 heavy (non-hydrogen) atoms. The van der Waals surface area contributed by atoms with Gasteiger partial charge in [-0.05, 0) is 25.3 Å². The van der Waals surface area contributed by atoms with Crippen LogP contribution in [0.25, 0.3) is 10.9 Å². The average molecular weight is 382 g/mol. The first kappa shape index (κ1) is 19.6. The number of carbonyl (C=O) groups is 1. The largest absolute Gasteiger partial charge is 0.417 e. The predicted molar refractivity (Wildman–Crippen MR) is 93.5 cm³/mol. The normalized spacial score (nSPS) is 17.4. The number of pyridine rings is 1. The number of nitrogens with one attached hydrogen (secondary N) is 1. The van der Waals surface area contributed by atoms with Crippen molar-refractivity contribution in [2.45, 2.75) is 31.5 Å². The Morgan fingerprint density at radius 2 is 2.15 bits per heavy atom. The molecule has 1 unspecified atom stereocenters. The molecule has 0 spiro atoms. The van der Waals surface area contributed by atoms with Crippen LogP contribution in [-0.2, 0) is 15.7 Å². The zero-order chi connectivity index (χ0) is 19.3. The summed E-state index contributed by atoms with van der Waals surface area (Å²) in [5, 5.41) is 2.43. The molecular weight excluding hydrogens is 361 g/mol. The lowest BCUT2D eigenvalue weighted by Crippen LogP contribution is -2.28. The van der Waals surface area contributed by atoms with E-state index in [9.17, 15) is 18.0 Å². The molecular formula is C19H21F3N2O3. The van der Waals surface area contributed by atoms with Gasteiger partial charge in [-0.15, -0.1) is 0 Å². The summed E-state index contributed by atoms with van der Waals surface area (Å²) in [6.07, 6.45) is -1.04. The van der Waals surface area contributed by atoms with Crippen LogP contribution >= 0.6 is 0 Å². The molecule has 146 valence electrons. The Hall–Kier alpha value is -2.19. The molecule has 1 saturated heterocycles. The molecule has 1 aromatic heterocycles. The van der Waals surface area contributed by atoms with Gasteiger partial charge in [0.2, 0.25) is 0 Å². The van der Waals surface area contributed by atoms with Crippen LogP contribution in [0.15, 0.2) is 30.5 Å². The minimum Gasteiger partial charge on any atom is -0.379 e. The van der Waals surface area contributed by atoms with Gasteiger partial charge in [0.05, 0.1) is 29.4 Å². The highest BCUT2D eigenvalue weighted by Crippen LogP contribution is 2.36. The van der Waals surface area contributed by atoms with Crippen molar-refractivity contribution in [1.29, 1.82) is 0 Å². The van der Waals surface area contributed by atoms with Gasteiger partial charge in [-0.1, -0.05) is 18.2 Å². The van der Waals surface area contributed by atoms with Crippen molar-refractivity contribution in [2.75, 3.05) is 26.4 Å². The zero-order valence-electron chi connectivity index (χ0n) is 14.7. The lowest BCUT2D eigenvalue weighted by Gasteiger charge is -2.15. The van der Waals surface area contributed by atoms with Gasteiger partial charge < -0.3 is 14.8 Å². The number of hydrogen-bond donors (Lipinski definition) is 1. The van der Waals surface area contributed by atoms with Crippen LogP contribution in [0.3, 0.4) is 0 Å². The van der Waals surface area contributed by atoms with Crippen molar-refractivity contribution in [3.05, 3.63) is 41.6 Å². The Morgan fingerprint density at radius 3 is 2.89 bits per heavy atom. The summed E-state index contributed by atoms with van der Waals surface area (Å²) in [6, 6.07) is 5.90. The zero-order valence-corrected chi connectivity index (χ0v) is 14.7. The fraction of sp³-hybridized carbons (Fsp3) is 0.474. The molecule has 8 heteroatoms. The van der Waals surface area contributed by atoms with Crippen LogP contribution in [0.4, 0.5) is 13.2 Å². The van der Waals surface area contributed by atoms with E-state index < -0.39 is 23.2 Å². The molecule has 2 aromatic rings. The van der Waals surface area contributed by atoms with Gasteiger partial charge in [-0.25, -0.2) is 0 Å². The minimum atomic E-state index is -4.65. The smallest absolute Gasteiger partial charge is 0.379 e. The third-order valence-corrected chi connectivity index (χ3v) is 4.38. The highest BCUT2D eigenvalue weighted by atomic mass is 19.4. The molecule has 0 bridgehead atoms. The maximum atomic E-state index is 13.5. The number of ether oxygens (including phenoxy) is 2. The van der Waals surface area contributed by atoms with Gasteiger partial charge in [0, 0.05) is 31.3 Å². The van der Waals surface area contributed by atoms with E-state index in [0.29, 0.717) is 19.6 Å². The summed E-state index contributed by atoms with van der Waals surface area (Å²) in [5.41, 5.74) is -1.23. The fourth-order valence-corrected chi connectivity index (χ4v) is 3.08. The number of fused-ring (bicyclic) bond motifs is 1. The van der Waals surface area contributed by atoms with Crippen molar-refractivity contribution < 1.29 is 27.4 Å². The van der Waals surface area contributed by atoms with E-state index in [1.54, 1.807) is 6.07 Å². The third kappa shape index (κ3) is 4.95. The molecule has 1 amide bonds. The summed E-state index contributed by atoms with van der Waals surface area (Å²) in [4.78, 5) is 16.3. The van der Waals surface area contributed by atoms with E-state index in [0.717, 1.165) is 25.6 Å². The summed E-state index contributed by atoms with van der Waals surface area (Å²) < 4.78 is 51.5. The Bertz CT molecular complexity index is 789. The van der Waals surface area contributed by atoms with Gasteiger partial charge in [-0.2, -0.15) is 13.2 Å². The fourth-order valence-electron chi connectivity index (χ4n) is 3.08. The number of nitrogens with zero attached hydrogens (tertiary/aromatic N) is 1. The number of halogens is 3. The second-order valence-corrected chi connectivity index (χ2v) is 6.38. The lowest BCUT2D eigenvalue weighted by molar-refractivity contribution is -0.136. The van der Waals surface area contributed by atoms with Gasteiger partial charge in [0.1, 0.15) is 0 Å². The van der Waals surface area contributed by atoms with Crippen LogP contribution in [0, 0.1) is 0 Å². The Kier molecular flexibility index (Phi) is 6.28. The highest BCUT2D eigenvalue weighted by Gasteiger charge is 2.37. The molecule has 3 rings (SSSR count). The Morgan fingerprint density at radius 1 is 1.33 bits per heavy atom. The minimum absolute atomic E-state index is 0.0856. The first-order valence-electron chi connectivity index (χ1n) is 8.89. The molecule has 1 fully saturated rings. The van der Waals surface area contributed by atoms with E-state index in [4.69, 9.17) is 9.47 Å². The van der Waals surface area contributed by atoms with Crippen molar-refractivity contribution in [2.24, 2.45) is 0 Å². The Balaban J connectivity index is 1.58.